The molecule has 1 saturated heterocycles. The van der Waals surface area contributed by atoms with Crippen molar-refractivity contribution in [2.45, 2.75) is 57.2 Å². The number of sulfonamides is 1. The Bertz CT molecular complexity index is 833. The Hall–Kier alpha value is -2.20. The van der Waals surface area contributed by atoms with Crippen LogP contribution in [0.25, 0.3) is 0 Å². The van der Waals surface area contributed by atoms with E-state index in [-0.39, 0.29) is 18.0 Å². The molecule has 0 aromatic heterocycles. The third-order valence-electron chi connectivity index (χ3n) is 4.48. The fourth-order valence-electron chi connectivity index (χ4n) is 2.98. The lowest BCUT2D eigenvalue weighted by atomic mass is 10.1. The first kappa shape index (κ1) is 21.1. The Morgan fingerprint density at radius 2 is 1.78 bits per heavy atom. The zero-order chi connectivity index (χ0) is 20.6. The predicted molar refractivity (Wildman–Crippen MR) is 98.9 cm³/mol. The Morgan fingerprint density at radius 3 is 2.33 bits per heavy atom. The van der Waals surface area contributed by atoms with Gasteiger partial charge in [-0.1, -0.05) is 12.1 Å². The molecule has 10 heteroatoms. The van der Waals surface area contributed by atoms with Crippen molar-refractivity contribution in [1.82, 2.24) is 9.21 Å². The van der Waals surface area contributed by atoms with Crippen molar-refractivity contribution >= 4 is 21.8 Å². The molecule has 1 amide bonds. The lowest BCUT2D eigenvalue weighted by molar-refractivity contribution is -0.387. The molecule has 0 spiro atoms. The summed E-state index contributed by atoms with van der Waals surface area (Å²) < 4.78 is 32.7. The van der Waals surface area contributed by atoms with Gasteiger partial charge in [-0.05, 0) is 40.7 Å². The van der Waals surface area contributed by atoms with Gasteiger partial charge in [0.05, 0.1) is 4.92 Å². The standard InChI is InChI=1S/C17H25N3O6S/c1-12-13(2)19(11-10-18(12)16(21)26-17(3,4)5)27(24,25)15-9-7-6-8-14(15)20(22)23/h6-9,12-13H,10-11H2,1-5H3/t12-,13+/m1/s1. The smallest absolute Gasteiger partial charge is 0.410 e. The summed E-state index contributed by atoms with van der Waals surface area (Å²) in [6.07, 6.45) is -0.510. The number of benzene rings is 1. The second-order valence-corrected chi connectivity index (χ2v) is 9.35. The summed E-state index contributed by atoms with van der Waals surface area (Å²) in [6.45, 7) is 8.85. The van der Waals surface area contributed by atoms with Crippen LogP contribution in [0.3, 0.4) is 0 Å². The minimum Gasteiger partial charge on any atom is -0.444 e. The lowest BCUT2D eigenvalue weighted by Crippen LogP contribution is -2.60. The molecule has 27 heavy (non-hydrogen) atoms. The van der Waals surface area contributed by atoms with Gasteiger partial charge in [0.15, 0.2) is 4.90 Å². The highest BCUT2D eigenvalue weighted by molar-refractivity contribution is 7.89. The number of carbonyl (C=O) groups excluding carboxylic acids is 1. The van der Waals surface area contributed by atoms with Crippen LogP contribution in [0.4, 0.5) is 10.5 Å². The van der Waals surface area contributed by atoms with Crippen LogP contribution in [-0.2, 0) is 14.8 Å². The van der Waals surface area contributed by atoms with Crippen molar-refractivity contribution in [3.8, 4) is 0 Å². The Labute approximate surface area is 159 Å². The average Bonchev–Trinajstić information content (AvgIpc) is 2.55. The first-order valence-corrected chi connectivity index (χ1v) is 10.0. The summed E-state index contributed by atoms with van der Waals surface area (Å²) in [6, 6.07) is 4.24. The maximum atomic E-state index is 13.1. The summed E-state index contributed by atoms with van der Waals surface area (Å²) in [5.41, 5.74) is -1.12. The first-order valence-electron chi connectivity index (χ1n) is 8.61. The van der Waals surface area contributed by atoms with Gasteiger partial charge in [0.2, 0.25) is 10.0 Å². The van der Waals surface area contributed by atoms with Gasteiger partial charge in [-0.15, -0.1) is 0 Å². The lowest BCUT2D eigenvalue weighted by Gasteiger charge is -2.44. The predicted octanol–water partition coefficient (Wildman–Crippen LogP) is 2.61. The zero-order valence-electron chi connectivity index (χ0n) is 16.1. The van der Waals surface area contributed by atoms with E-state index < -0.39 is 44.4 Å². The highest BCUT2D eigenvalue weighted by Gasteiger charge is 2.42. The molecule has 0 aliphatic carbocycles. The summed E-state index contributed by atoms with van der Waals surface area (Å²) in [5.74, 6) is 0. The normalized spacial score (nSPS) is 21.7. The molecule has 0 radical (unpaired) electrons. The molecular weight excluding hydrogens is 374 g/mol. The van der Waals surface area contributed by atoms with Crippen molar-refractivity contribution in [1.29, 1.82) is 0 Å². The van der Waals surface area contributed by atoms with E-state index >= 15 is 0 Å². The van der Waals surface area contributed by atoms with E-state index in [4.69, 9.17) is 4.74 Å². The van der Waals surface area contributed by atoms with Gasteiger partial charge in [0.1, 0.15) is 5.60 Å². The third-order valence-corrected chi connectivity index (χ3v) is 6.52. The molecule has 0 bridgehead atoms. The maximum Gasteiger partial charge on any atom is 0.410 e. The van der Waals surface area contributed by atoms with Crippen LogP contribution >= 0.6 is 0 Å². The third kappa shape index (κ3) is 4.38. The number of piperazine rings is 1. The van der Waals surface area contributed by atoms with Gasteiger partial charge in [0, 0.05) is 31.2 Å². The van der Waals surface area contributed by atoms with Crippen molar-refractivity contribution in [2.24, 2.45) is 0 Å². The monoisotopic (exact) mass is 399 g/mol. The molecule has 1 aliphatic rings. The number of ether oxygens (including phenoxy) is 1. The van der Waals surface area contributed by atoms with Gasteiger partial charge in [-0.25, -0.2) is 13.2 Å². The molecular formula is C17H25N3O6S. The van der Waals surface area contributed by atoms with Gasteiger partial charge in [-0.2, -0.15) is 4.31 Å². The number of para-hydroxylation sites is 1. The molecule has 1 aromatic rings. The summed E-state index contributed by atoms with van der Waals surface area (Å²) >= 11 is 0. The van der Waals surface area contributed by atoms with Crippen molar-refractivity contribution in [3.05, 3.63) is 34.4 Å². The molecule has 1 aliphatic heterocycles. The molecule has 150 valence electrons. The van der Waals surface area contributed by atoms with E-state index in [2.05, 4.69) is 0 Å². The molecule has 0 unspecified atom stereocenters. The van der Waals surface area contributed by atoms with Gasteiger partial charge < -0.3 is 9.64 Å². The molecule has 9 nitrogen and oxygen atoms in total. The van der Waals surface area contributed by atoms with E-state index in [0.717, 1.165) is 6.07 Å². The topological polar surface area (TPSA) is 110 Å². The van der Waals surface area contributed by atoms with E-state index in [9.17, 15) is 23.3 Å². The molecule has 0 N–H and O–H groups in total. The highest BCUT2D eigenvalue weighted by atomic mass is 32.2. The van der Waals surface area contributed by atoms with E-state index in [1.807, 2.05) is 0 Å². The second-order valence-electron chi connectivity index (χ2n) is 7.50. The number of nitro groups is 1. The van der Waals surface area contributed by atoms with Crippen LogP contribution in [0.1, 0.15) is 34.6 Å². The number of hydrogen-bond donors (Lipinski definition) is 0. The average molecular weight is 399 g/mol. The van der Waals surface area contributed by atoms with Crippen molar-refractivity contribution in [3.63, 3.8) is 0 Å². The fourth-order valence-corrected chi connectivity index (χ4v) is 4.83. The maximum absolute atomic E-state index is 13.1. The molecule has 1 heterocycles. The van der Waals surface area contributed by atoms with Crippen LogP contribution in [0.15, 0.2) is 29.2 Å². The first-order chi connectivity index (χ1) is 12.4. The molecule has 2 rings (SSSR count). The summed E-state index contributed by atoms with van der Waals surface area (Å²) in [7, 11) is -4.09. The van der Waals surface area contributed by atoms with Crippen LogP contribution in [0, 0.1) is 10.1 Å². The van der Waals surface area contributed by atoms with Crippen molar-refractivity contribution in [2.75, 3.05) is 13.1 Å². The van der Waals surface area contributed by atoms with Crippen LogP contribution in [0.5, 0.6) is 0 Å². The number of nitrogens with zero attached hydrogens (tertiary/aromatic N) is 3. The van der Waals surface area contributed by atoms with E-state index in [0.29, 0.717) is 0 Å². The molecule has 1 fully saturated rings. The number of hydrogen-bond acceptors (Lipinski definition) is 6. The highest BCUT2D eigenvalue weighted by Crippen LogP contribution is 2.30. The summed E-state index contributed by atoms with van der Waals surface area (Å²) in [4.78, 5) is 24.0. The minimum absolute atomic E-state index is 0.0269. The largest absolute Gasteiger partial charge is 0.444 e. The van der Waals surface area contributed by atoms with Crippen molar-refractivity contribution < 1.29 is 22.9 Å². The Balaban J connectivity index is 2.30. The zero-order valence-corrected chi connectivity index (χ0v) is 16.9. The fraction of sp³-hybridized carbons (Fsp3) is 0.588. The Kier molecular flexibility index (Phi) is 5.81. The SMILES string of the molecule is C[C@@H]1[C@H](C)N(S(=O)(=O)c2ccccc2[N+](=O)[O-])CCN1C(=O)OC(C)(C)C. The van der Waals surface area contributed by atoms with Crippen LogP contribution in [0.2, 0.25) is 0 Å². The van der Waals surface area contributed by atoms with Gasteiger partial charge >= 0.3 is 6.09 Å². The number of carbonyl (C=O) groups is 1. The quantitative estimate of drug-likeness (QED) is 0.571. The minimum atomic E-state index is -4.09. The van der Waals surface area contributed by atoms with E-state index in [1.54, 1.807) is 34.6 Å². The second kappa shape index (κ2) is 7.43. The molecule has 0 saturated carbocycles. The molecule has 2 atom stereocenters. The van der Waals surface area contributed by atoms with Crippen LogP contribution < -0.4 is 0 Å². The summed E-state index contributed by atoms with van der Waals surface area (Å²) in [5, 5.41) is 11.2. The number of nitro benzene ring substituents is 1. The number of amides is 1. The number of rotatable bonds is 3. The van der Waals surface area contributed by atoms with Crippen LogP contribution in [-0.4, -0.2) is 59.4 Å². The van der Waals surface area contributed by atoms with E-state index in [1.165, 1.54) is 27.4 Å². The Morgan fingerprint density at radius 1 is 1.19 bits per heavy atom. The van der Waals surface area contributed by atoms with Gasteiger partial charge in [-0.3, -0.25) is 10.1 Å². The molecule has 1 aromatic carbocycles. The van der Waals surface area contributed by atoms with Gasteiger partial charge in [0.25, 0.3) is 5.69 Å².